The highest BCUT2D eigenvalue weighted by atomic mass is 35.5. The van der Waals surface area contributed by atoms with Gasteiger partial charge in [-0.2, -0.15) is 0 Å². The maximum atomic E-state index is 13.0. The van der Waals surface area contributed by atoms with Crippen LogP contribution >= 0.6 is 11.6 Å². The minimum atomic E-state index is -0.614. The lowest BCUT2D eigenvalue weighted by Crippen LogP contribution is -2.09. The van der Waals surface area contributed by atoms with Gasteiger partial charge in [-0.05, 0) is 72.6 Å². The first kappa shape index (κ1) is 18.9. The van der Waals surface area contributed by atoms with Gasteiger partial charge in [0.2, 0.25) is 0 Å². The molecule has 0 aliphatic heterocycles. The second-order valence-corrected chi connectivity index (χ2v) is 6.89. The van der Waals surface area contributed by atoms with E-state index in [0.29, 0.717) is 32.7 Å². The van der Waals surface area contributed by atoms with Crippen molar-refractivity contribution in [2.75, 3.05) is 0 Å². The van der Waals surface area contributed by atoms with Gasteiger partial charge in [-0.1, -0.05) is 23.7 Å². The second kappa shape index (κ2) is 7.53. The van der Waals surface area contributed by atoms with E-state index >= 15 is 0 Å². The molecular weight excluding hydrogens is 395 g/mol. The molecule has 6 heteroatoms. The predicted molar refractivity (Wildman–Crippen MR) is 109 cm³/mol. The normalized spacial score (nSPS) is 10.9. The first-order chi connectivity index (χ1) is 13.9. The van der Waals surface area contributed by atoms with E-state index in [2.05, 4.69) is 0 Å². The number of ether oxygens (including phenoxy) is 1. The largest absolute Gasteiger partial charge is 0.423 e. The van der Waals surface area contributed by atoms with Crippen molar-refractivity contribution >= 4 is 28.5 Å². The van der Waals surface area contributed by atoms with Gasteiger partial charge in [0.1, 0.15) is 17.1 Å². The number of carbonyl (C=O) groups is 1. The molecule has 0 unspecified atom stereocenters. The summed E-state index contributed by atoms with van der Waals surface area (Å²) in [6.07, 6.45) is 0. The molecule has 4 rings (SSSR count). The standard InChI is InChI=1S/C23H14ClFO4/c1-13-19-12-18(28-22(26)15-4-8-17(25)9-5-15)10-11-20(19)29-23(27)21(13)14-2-6-16(24)7-3-14/h2-12H,1H3. The van der Waals surface area contributed by atoms with Crippen molar-refractivity contribution < 1.29 is 18.3 Å². The number of hydrogen-bond acceptors (Lipinski definition) is 4. The summed E-state index contributed by atoms with van der Waals surface area (Å²) in [7, 11) is 0. The third-order valence-corrected chi connectivity index (χ3v) is 4.81. The monoisotopic (exact) mass is 408 g/mol. The summed E-state index contributed by atoms with van der Waals surface area (Å²) < 4.78 is 23.9. The lowest BCUT2D eigenvalue weighted by atomic mass is 9.99. The predicted octanol–water partition coefficient (Wildman–Crippen LogP) is 5.78. The second-order valence-electron chi connectivity index (χ2n) is 6.45. The summed E-state index contributed by atoms with van der Waals surface area (Å²) in [6.45, 7) is 1.80. The molecule has 0 N–H and O–H groups in total. The molecule has 3 aromatic carbocycles. The molecule has 0 spiro atoms. The molecule has 0 saturated heterocycles. The van der Waals surface area contributed by atoms with Crippen LogP contribution in [0.4, 0.5) is 4.39 Å². The van der Waals surface area contributed by atoms with Gasteiger partial charge < -0.3 is 9.15 Å². The number of carbonyl (C=O) groups excluding carboxylic acids is 1. The number of rotatable bonds is 3. The Morgan fingerprint density at radius 1 is 1.00 bits per heavy atom. The summed E-state index contributed by atoms with van der Waals surface area (Å²) in [5, 5.41) is 1.20. The third kappa shape index (κ3) is 3.77. The summed E-state index contributed by atoms with van der Waals surface area (Å²) >= 11 is 5.93. The number of hydrogen-bond donors (Lipinski definition) is 0. The molecule has 0 atom stereocenters. The number of halogens is 2. The molecule has 0 bridgehead atoms. The van der Waals surface area contributed by atoms with E-state index in [-0.39, 0.29) is 11.3 Å². The van der Waals surface area contributed by atoms with Gasteiger partial charge >= 0.3 is 11.6 Å². The SMILES string of the molecule is Cc1c(-c2ccc(Cl)cc2)c(=O)oc2ccc(OC(=O)c3ccc(F)cc3)cc12. The number of esters is 1. The summed E-state index contributed by atoms with van der Waals surface area (Å²) in [6, 6.07) is 16.7. The molecule has 29 heavy (non-hydrogen) atoms. The molecule has 1 aromatic heterocycles. The summed E-state index contributed by atoms with van der Waals surface area (Å²) in [5.41, 5.74) is 1.93. The molecule has 0 amide bonds. The van der Waals surface area contributed by atoms with Crippen LogP contribution in [0, 0.1) is 12.7 Å². The molecule has 0 aliphatic carbocycles. The molecule has 1 heterocycles. The third-order valence-electron chi connectivity index (χ3n) is 4.56. The Labute approximate surface area is 170 Å². The number of aryl methyl sites for hydroxylation is 1. The highest BCUT2D eigenvalue weighted by Gasteiger charge is 2.15. The van der Waals surface area contributed by atoms with E-state index in [0.717, 1.165) is 0 Å². The van der Waals surface area contributed by atoms with Crippen LogP contribution in [0.5, 0.6) is 5.75 Å². The average molecular weight is 409 g/mol. The lowest BCUT2D eigenvalue weighted by molar-refractivity contribution is 0.0735. The van der Waals surface area contributed by atoms with E-state index in [9.17, 15) is 14.0 Å². The molecule has 144 valence electrons. The first-order valence-electron chi connectivity index (χ1n) is 8.73. The topological polar surface area (TPSA) is 56.5 Å². The first-order valence-corrected chi connectivity index (χ1v) is 9.11. The number of fused-ring (bicyclic) bond motifs is 1. The van der Waals surface area contributed by atoms with Gasteiger partial charge in [-0.15, -0.1) is 0 Å². The quantitative estimate of drug-likeness (QED) is 0.245. The molecule has 0 fully saturated rings. The Bertz CT molecular complexity index is 1280. The van der Waals surface area contributed by atoms with Gasteiger partial charge in [0, 0.05) is 10.4 Å². The lowest BCUT2D eigenvalue weighted by Gasteiger charge is -2.10. The Balaban J connectivity index is 1.75. The van der Waals surface area contributed by atoms with Crippen molar-refractivity contribution in [2.45, 2.75) is 6.92 Å². The summed E-state index contributed by atoms with van der Waals surface area (Å²) in [4.78, 5) is 24.8. The van der Waals surface area contributed by atoms with Crippen molar-refractivity contribution in [1.82, 2.24) is 0 Å². The van der Waals surface area contributed by atoms with E-state index in [1.54, 1.807) is 43.3 Å². The average Bonchev–Trinajstić information content (AvgIpc) is 2.70. The zero-order chi connectivity index (χ0) is 20.5. The van der Waals surface area contributed by atoms with Crippen LogP contribution in [0.25, 0.3) is 22.1 Å². The Kier molecular flexibility index (Phi) is 4.91. The Hall–Kier alpha value is -3.44. The van der Waals surface area contributed by atoms with E-state index in [1.807, 2.05) is 0 Å². The molecule has 4 nitrogen and oxygen atoms in total. The molecular formula is C23H14ClFO4. The fourth-order valence-electron chi connectivity index (χ4n) is 3.10. The van der Waals surface area contributed by atoms with Crippen LogP contribution in [0.1, 0.15) is 15.9 Å². The van der Waals surface area contributed by atoms with E-state index in [1.165, 1.54) is 30.3 Å². The highest BCUT2D eigenvalue weighted by Crippen LogP contribution is 2.30. The molecule has 4 aromatic rings. The fraction of sp³-hybridized carbons (Fsp3) is 0.0435. The minimum absolute atomic E-state index is 0.227. The smallest absolute Gasteiger partial charge is 0.344 e. The van der Waals surface area contributed by atoms with Crippen molar-refractivity contribution in [3.8, 4) is 16.9 Å². The molecule has 0 saturated carbocycles. The van der Waals surface area contributed by atoms with E-state index < -0.39 is 17.4 Å². The minimum Gasteiger partial charge on any atom is -0.423 e. The van der Waals surface area contributed by atoms with Crippen LogP contribution in [-0.4, -0.2) is 5.97 Å². The Morgan fingerprint density at radius 2 is 1.69 bits per heavy atom. The maximum absolute atomic E-state index is 13.0. The summed E-state index contributed by atoms with van der Waals surface area (Å²) in [5.74, 6) is -0.768. The van der Waals surface area contributed by atoms with Crippen LogP contribution in [0.3, 0.4) is 0 Å². The Morgan fingerprint density at radius 3 is 2.38 bits per heavy atom. The molecule has 0 radical (unpaired) electrons. The zero-order valence-corrected chi connectivity index (χ0v) is 16.0. The van der Waals surface area contributed by atoms with Gasteiger partial charge in [0.25, 0.3) is 0 Å². The van der Waals surface area contributed by atoms with Gasteiger partial charge in [-0.25, -0.2) is 14.0 Å². The fourth-order valence-corrected chi connectivity index (χ4v) is 3.22. The van der Waals surface area contributed by atoms with E-state index in [4.69, 9.17) is 20.8 Å². The van der Waals surface area contributed by atoms with Crippen molar-refractivity contribution in [3.63, 3.8) is 0 Å². The van der Waals surface area contributed by atoms with Gasteiger partial charge in [0.15, 0.2) is 0 Å². The maximum Gasteiger partial charge on any atom is 0.344 e. The van der Waals surface area contributed by atoms with Crippen LogP contribution < -0.4 is 10.4 Å². The van der Waals surface area contributed by atoms with Crippen molar-refractivity contribution in [1.29, 1.82) is 0 Å². The zero-order valence-electron chi connectivity index (χ0n) is 15.2. The molecule has 0 aliphatic rings. The number of benzene rings is 3. The van der Waals surface area contributed by atoms with Gasteiger partial charge in [0.05, 0.1) is 11.1 Å². The highest BCUT2D eigenvalue weighted by molar-refractivity contribution is 6.30. The van der Waals surface area contributed by atoms with Gasteiger partial charge in [-0.3, -0.25) is 0 Å². The van der Waals surface area contributed by atoms with Crippen molar-refractivity contribution in [3.05, 3.63) is 99.1 Å². The van der Waals surface area contributed by atoms with Crippen LogP contribution in [0.2, 0.25) is 5.02 Å². The van der Waals surface area contributed by atoms with Crippen LogP contribution in [-0.2, 0) is 0 Å². The van der Waals surface area contributed by atoms with Crippen molar-refractivity contribution in [2.24, 2.45) is 0 Å². The van der Waals surface area contributed by atoms with Crippen LogP contribution in [0.15, 0.2) is 75.9 Å².